The number of hydrogen-bond donors (Lipinski definition) is 2. The molecule has 4 heterocycles. The van der Waals surface area contributed by atoms with Gasteiger partial charge in [0.25, 0.3) is 5.91 Å². The second-order valence-electron chi connectivity index (χ2n) is 7.43. The Labute approximate surface area is 180 Å². The lowest BCUT2D eigenvalue weighted by Gasteiger charge is -2.18. The number of carboxylic acid groups (broad SMARTS) is 1. The second kappa shape index (κ2) is 9.79. The van der Waals surface area contributed by atoms with Gasteiger partial charge in [0.2, 0.25) is 0 Å². The van der Waals surface area contributed by atoms with Gasteiger partial charge >= 0.3 is 12.1 Å². The molecule has 31 heavy (non-hydrogen) atoms. The third-order valence-electron chi connectivity index (χ3n) is 5.14. The highest BCUT2D eigenvalue weighted by Gasteiger charge is 2.42. The number of ether oxygens (including phenoxy) is 1. The van der Waals surface area contributed by atoms with Gasteiger partial charge in [-0.25, -0.2) is 9.78 Å². The van der Waals surface area contributed by atoms with Crippen LogP contribution in [0, 0.1) is 5.92 Å². The SMILES string of the molecule is Cn1cccc1C(=O)NC[C@H]1C[C@@H]2CN(Cc3nccs3)C[C@@H]2O1.O=C(O)C(F)(F)F. The van der Waals surface area contributed by atoms with Gasteiger partial charge in [-0.1, -0.05) is 0 Å². The number of alkyl halides is 3. The van der Waals surface area contributed by atoms with E-state index in [0.29, 0.717) is 24.3 Å². The van der Waals surface area contributed by atoms with Crippen LogP contribution in [0.15, 0.2) is 29.9 Å². The van der Waals surface area contributed by atoms with E-state index < -0.39 is 12.1 Å². The lowest BCUT2D eigenvalue weighted by Crippen LogP contribution is -2.34. The number of aromatic nitrogens is 2. The predicted molar refractivity (Wildman–Crippen MR) is 106 cm³/mol. The third kappa shape index (κ3) is 6.28. The largest absolute Gasteiger partial charge is 0.490 e. The highest BCUT2D eigenvalue weighted by Crippen LogP contribution is 2.33. The van der Waals surface area contributed by atoms with E-state index in [-0.39, 0.29) is 12.0 Å². The fourth-order valence-corrected chi connectivity index (χ4v) is 4.38. The van der Waals surface area contributed by atoms with E-state index in [2.05, 4.69) is 15.2 Å². The number of fused-ring (bicyclic) bond motifs is 1. The molecule has 3 atom stereocenters. The lowest BCUT2D eigenvalue weighted by atomic mass is 10.0. The number of carbonyl (C=O) groups is 2. The molecular formula is C19H23F3N4O4S. The quantitative estimate of drug-likeness (QED) is 0.710. The van der Waals surface area contributed by atoms with E-state index in [9.17, 15) is 18.0 Å². The number of likely N-dealkylation sites (tertiary alicyclic amines) is 1. The monoisotopic (exact) mass is 460 g/mol. The minimum Gasteiger partial charge on any atom is -0.475 e. The molecule has 8 nitrogen and oxygen atoms in total. The Hall–Kier alpha value is -2.44. The van der Waals surface area contributed by atoms with Gasteiger partial charge in [0.1, 0.15) is 10.7 Å². The first-order valence-corrected chi connectivity index (χ1v) is 10.5. The van der Waals surface area contributed by atoms with Crippen LogP contribution in [0.4, 0.5) is 13.2 Å². The molecule has 0 unspecified atom stereocenters. The molecule has 2 fully saturated rings. The molecule has 0 aliphatic carbocycles. The zero-order valence-electron chi connectivity index (χ0n) is 16.7. The molecule has 2 aliphatic heterocycles. The van der Waals surface area contributed by atoms with Gasteiger partial charge in [0.15, 0.2) is 0 Å². The Morgan fingerprint density at radius 1 is 1.39 bits per heavy atom. The minimum absolute atomic E-state index is 0.0337. The predicted octanol–water partition coefficient (Wildman–Crippen LogP) is 2.13. The van der Waals surface area contributed by atoms with Gasteiger partial charge in [0, 0.05) is 50.4 Å². The summed E-state index contributed by atoms with van der Waals surface area (Å²) in [7, 11) is 1.88. The van der Waals surface area contributed by atoms with Crippen molar-refractivity contribution in [2.24, 2.45) is 13.0 Å². The normalized spacial score (nSPS) is 23.2. The molecule has 2 aliphatic rings. The second-order valence-corrected chi connectivity index (χ2v) is 8.41. The van der Waals surface area contributed by atoms with Crippen molar-refractivity contribution in [3.8, 4) is 0 Å². The van der Waals surface area contributed by atoms with Crippen molar-refractivity contribution in [2.75, 3.05) is 19.6 Å². The summed E-state index contributed by atoms with van der Waals surface area (Å²) in [6.07, 6.45) is 0.0985. The summed E-state index contributed by atoms with van der Waals surface area (Å²) in [5.74, 6) is -2.22. The molecule has 0 spiro atoms. The Morgan fingerprint density at radius 3 is 2.68 bits per heavy atom. The zero-order chi connectivity index (χ0) is 22.6. The van der Waals surface area contributed by atoms with Crippen LogP contribution in [-0.2, 0) is 23.1 Å². The highest BCUT2D eigenvalue weighted by molar-refractivity contribution is 7.09. The van der Waals surface area contributed by atoms with Crippen molar-refractivity contribution < 1.29 is 32.6 Å². The van der Waals surface area contributed by atoms with Crippen LogP contribution in [0.1, 0.15) is 21.9 Å². The van der Waals surface area contributed by atoms with Crippen molar-refractivity contribution in [1.29, 1.82) is 0 Å². The molecular weight excluding hydrogens is 437 g/mol. The average molecular weight is 460 g/mol. The third-order valence-corrected chi connectivity index (χ3v) is 5.91. The van der Waals surface area contributed by atoms with Crippen LogP contribution in [0.25, 0.3) is 0 Å². The first-order valence-electron chi connectivity index (χ1n) is 9.59. The number of aryl methyl sites for hydroxylation is 1. The number of carbonyl (C=O) groups excluding carboxylic acids is 1. The van der Waals surface area contributed by atoms with Crippen LogP contribution in [-0.4, -0.2) is 69.5 Å². The molecule has 2 aromatic heterocycles. The van der Waals surface area contributed by atoms with Crippen molar-refractivity contribution in [3.63, 3.8) is 0 Å². The van der Waals surface area contributed by atoms with E-state index in [4.69, 9.17) is 14.6 Å². The molecule has 12 heteroatoms. The molecule has 2 N–H and O–H groups in total. The molecule has 2 aromatic rings. The summed E-state index contributed by atoms with van der Waals surface area (Å²) < 4.78 is 39.7. The lowest BCUT2D eigenvalue weighted by molar-refractivity contribution is -0.192. The minimum atomic E-state index is -5.08. The summed E-state index contributed by atoms with van der Waals surface area (Å²) in [5, 5.41) is 13.3. The molecule has 2 saturated heterocycles. The van der Waals surface area contributed by atoms with E-state index in [1.165, 1.54) is 5.01 Å². The average Bonchev–Trinajstić information content (AvgIpc) is 3.45. The molecule has 4 rings (SSSR count). The van der Waals surface area contributed by atoms with Crippen LogP contribution in [0.3, 0.4) is 0 Å². The van der Waals surface area contributed by atoms with Crippen LogP contribution in [0.5, 0.6) is 0 Å². The summed E-state index contributed by atoms with van der Waals surface area (Å²) in [6, 6.07) is 3.71. The first-order chi connectivity index (χ1) is 14.6. The Morgan fingerprint density at radius 2 is 2.13 bits per heavy atom. The van der Waals surface area contributed by atoms with Gasteiger partial charge in [-0.15, -0.1) is 11.3 Å². The van der Waals surface area contributed by atoms with E-state index in [1.54, 1.807) is 11.3 Å². The number of nitrogens with zero attached hydrogens (tertiary/aromatic N) is 3. The summed E-state index contributed by atoms with van der Waals surface area (Å²) >= 11 is 1.71. The van der Waals surface area contributed by atoms with E-state index >= 15 is 0 Å². The number of aliphatic carboxylic acids is 1. The van der Waals surface area contributed by atoms with Crippen molar-refractivity contribution in [1.82, 2.24) is 19.8 Å². The van der Waals surface area contributed by atoms with E-state index in [0.717, 1.165) is 26.1 Å². The molecule has 0 saturated carbocycles. The number of amides is 1. The standard InChI is InChI=1S/C17H22N4O2S.C2HF3O2/c1-20-5-2-3-14(20)17(22)19-8-13-7-12-9-21(10-15(12)23-13)11-16-18-4-6-24-16;3-2(4,5)1(6)7/h2-6,12-13,15H,7-11H2,1H3,(H,19,22);(H,6,7)/t12-,13-,15+;/m1./s1. The van der Waals surface area contributed by atoms with Gasteiger partial charge in [-0.2, -0.15) is 13.2 Å². The molecule has 170 valence electrons. The summed E-state index contributed by atoms with van der Waals surface area (Å²) in [4.78, 5) is 27.8. The smallest absolute Gasteiger partial charge is 0.475 e. The summed E-state index contributed by atoms with van der Waals surface area (Å²) in [5.41, 5.74) is 0.683. The fraction of sp³-hybridized carbons (Fsp3) is 0.526. The van der Waals surface area contributed by atoms with Gasteiger partial charge in [-0.3, -0.25) is 9.69 Å². The van der Waals surface area contributed by atoms with Gasteiger partial charge < -0.3 is 19.7 Å². The maximum Gasteiger partial charge on any atom is 0.490 e. The number of nitrogens with one attached hydrogen (secondary N) is 1. The fourth-order valence-electron chi connectivity index (χ4n) is 3.73. The Balaban J connectivity index is 0.000000339. The number of thiazole rings is 1. The highest BCUT2D eigenvalue weighted by atomic mass is 32.1. The van der Waals surface area contributed by atoms with Crippen molar-refractivity contribution >= 4 is 23.2 Å². The van der Waals surface area contributed by atoms with Crippen molar-refractivity contribution in [2.45, 2.75) is 31.3 Å². The van der Waals surface area contributed by atoms with Gasteiger partial charge in [-0.05, 0) is 18.6 Å². The number of halogens is 3. The van der Waals surface area contributed by atoms with Crippen LogP contribution >= 0.6 is 11.3 Å². The summed E-state index contributed by atoms with van der Waals surface area (Å²) in [6.45, 7) is 3.53. The molecule has 0 bridgehead atoms. The zero-order valence-corrected chi connectivity index (χ0v) is 17.5. The maximum absolute atomic E-state index is 12.2. The van der Waals surface area contributed by atoms with Crippen LogP contribution < -0.4 is 5.32 Å². The molecule has 1 amide bonds. The number of rotatable bonds is 5. The Bertz CT molecular complexity index is 873. The van der Waals surface area contributed by atoms with Crippen LogP contribution in [0.2, 0.25) is 0 Å². The van der Waals surface area contributed by atoms with E-state index in [1.807, 2.05) is 41.5 Å². The molecule has 0 radical (unpaired) electrons. The Kier molecular flexibility index (Phi) is 7.34. The molecule has 0 aromatic carbocycles. The topological polar surface area (TPSA) is 96.7 Å². The van der Waals surface area contributed by atoms with Gasteiger partial charge in [0.05, 0.1) is 18.8 Å². The number of carboxylic acids is 1. The van der Waals surface area contributed by atoms with Crippen molar-refractivity contribution in [3.05, 3.63) is 40.6 Å². The maximum atomic E-state index is 12.2. The first kappa shape index (κ1) is 23.2. The number of hydrogen-bond acceptors (Lipinski definition) is 6.